The third-order valence-corrected chi connectivity index (χ3v) is 1.30. The largest absolute Gasteiger partial charge is 0.395 e. The minimum atomic E-state index is -6.02. The van der Waals surface area contributed by atoms with Gasteiger partial charge in [-0.05, 0) is 11.6 Å². The Kier molecular flexibility index (Phi) is 2.78. The molecular formula is C4H2ClF6NO. The Morgan fingerprint density at radius 3 is 1.46 bits per heavy atom. The molecule has 0 aliphatic heterocycles. The number of hydrogen-bond acceptors (Lipinski definition) is 1. The van der Waals surface area contributed by atoms with Crippen molar-refractivity contribution in [2.45, 2.75) is 17.2 Å². The van der Waals surface area contributed by atoms with Crippen LogP contribution in [0.25, 0.3) is 0 Å². The lowest BCUT2D eigenvalue weighted by Gasteiger charge is -2.26. The van der Waals surface area contributed by atoms with Crippen LogP contribution in [0.2, 0.25) is 0 Å². The minimum absolute atomic E-state index is 2.88. The van der Waals surface area contributed by atoms with Gasteiger partial charge in [0.05, 0.1) is 0 Å². The molecule has 0 saturated carbocycles. The summed E-state index contributed by atoms with van der Waals surface area (Å²) < 4.78 is 71.5. The summed E-state index contributed by atoms with van der Waals surface area (Å²) >= 11 is 3.68. The predicted octanol–water partition coefficient (Wildman–Crippen LogP) is 1.57. The highest BCUT2D eigenvalue weighted by Crippen LogP contribution is 2.47. The molecule has 0 atom stereocenters. The summed E-state index contributed by atoms with van der Waals surface area (Å²) in [5.41, 5.74) is 3.79. The van der Waals surface area contributed by atoms with E-state index in [2.05, 4.69) is 17.3 Å². The number of halogens is 7. The molecule has 78 valence electrons. The fourth-order valence-corrected chi connectivity index (χ4v) is 0.451. The average Bonchev–Trinajstić information content (AvgIpc) is 1.84. The van der Waals surface area contributed by atoms with Crippen LogP contribution in [0.1, 0.15) is 0 Å². The van der Waals surface area contributed by atoms with Crippen molar-refractivity contribution in [1.82, 2.24) is 0 Å². The molecule has 0 aliphatic rings. The zero-order valence-electron chi connectivity index (χ0n) is 5.63. The Bertz CT molecular complexity index is 223. The molecule has 9 heteroatoms. The molecule has 0 rings (SSSR count). The molecule has 0 saturated heterocycles. The van der Waals surface area contributed by atoms with E-state index in [0.717, 1.165) is 0 Å². The van der Waals surface area contributed by atoms with E-state index >= 15 is 0 Å². The van der Waals surface area contributed by atoms with Crippen molar-refractivity contribution in [3.05, 3.63) is 0 Å². The van der Waals surface area contributed by atoms with E-state index in [1.807, 2.05) is 0 Å². The Balaban J connectivity index is 5.16. The van der Waals surface area contributed by atoms with Gasteiger partial charge in [0.15, 0.2) is 0 Å². The van der Waals surface area contributed by atoms with Gasteiger partial charge in [-0.15, -0.1) is 0 Å². The van der Waals surface area contributed by atoms with Crippen LogP contribution >= 0.6 is 11.6 Å². The van der Waals surface area contributed by atoms with Gasteiger partial charge in [-0.3, -0.25) is 4.79 Å². The van der Waals surface area contributed by atoms with Gasteiger partial charge >= 0.3 is 17.2 Å². The van der Waals surface area contributed by atoms with Gasteiger partial charge in [0.2, 0.25) is 0 Å². The number of hydrogen-bond donors (Lipinski definition) is 1. The summed E-state index contributed by atoms with van der Waals surface area (Å²) in [5.74, 6) is -14.6. The summed E-state index contributed by atoms with van der Waals surface area (Å²) in [6.45, 7) is 0. The molecule has 0 bridgehead atoms. The van der Waals surface area contributed by atoms with Gasteiger partial charge in [-0.25, -0.2) is 0 Å². The van der Waals surface area contributed by atoms with Crippen molar-refractivity contribution in [2.24, 2.45) is 5.73 Å². The van der Waals surface area contributed by atoms with Gasteiger partial charge < -0.3 is 5.73 Å². The van der Waals surface area contributed by atoms with Crippen LogP contribution in [0.5, 0.6) is 0 Å². The number of primary amides is 1. The lowest BCUT2D eigenvalue weighted by atomic mass is 10.1. The van der Waals surface area contributed by atoms with Crippen molar-refractivity contribution in [3.8, 4) is 0 Å². The SMILES string of the molecule is NC(=O)C(F)(F)C(F)(F)C(F)(F)Cl. The zero-order valence-corrected chi connectivity index (χ0v) is 6.39. The van der Waals surface area contributed by atoms with E-state index in [-0.39, 0.29) is 0 Å². The second-order valence-corrected chi connectivity index (χ2v) is 2.49. The van der Waals surface area contributed by atoms with Crippen LogP contribution in [0.3, 0.4) is 0 Å². The van der Waals surface area contributed by atoms with Gasteiger partial charge in [0, 0.05) is 0 Å². The summed E-state index contributed by atoms with van der Waals surface area (Å²) in [5, 5.41) is -5.55. The molecule has 13 heavy (non-hydrogen) atoms. The van der Waals surface area contributed by atoms with Gasteiger partial charge in [-0.2, -0.15) is 26.3 Å². The van der Waals surface area contributed by atoms with Crippen LogP contribution in [-0.4, -0.2) is 23.1 Å². The molecule has 0 radical (unpaired) electrons. The first kappa shape index (κ1) is 12.3. The molecule has 0 aromatic rings. The van der Waals surface area contributed by atoms with Crippen LogP contribution in [0, 0.1) is 0 Å². The molecule has 0 unspecified atom stereocenters. The maximum atomic E-state index is 12.0. The molecule has 0 fully saturated rings. The highest BCUT2D eigenvalue weighted by Gasteiger charge is 2.74. The molecule has 0 heterocycles. The minimum Gasteiger partial charge on any atom is -0.364 e. The van der Waals surface area contributed by atoms with Gasteiger partial charge in [0.1, 0.15) is 0 Å². The van der Waals surface area contributed by atoms with Gasteiger partial charge in [0.25, 0.3) is 5.91 Å². The average molecular weight is 230 g/mol. The number of carbonyl (C=O) groups is 1. The van der Waals surface area contributed by atoms with E-state index in [0.29, 0.717) is 0 Å². The Morgan fingerprint density at radius 2 is 1.38 bits per heavy atom. The molecule has 0 spiro atoms. The topological polar surface area (TPSA) is 43.1 Å². The lowest BCUT2D eigenvalue weighted by Crippen LogP contribution is -2.57. The maximum Gasteiger partial charge on any atom is 0.395 e. The predicted molar refractivity (Wildman–Crippen MR) is 29.9 cm³/mol. The van der Waals surface area contributed by atoms with Crippen molar-refractivity contribution in [2.75, 3.05) is 0 Å². The summed E-state index contributed by atoms with van der Waals surface area (Å²) in [4.78, 5) is 9.71. The van der Waals surface area contributed by atoms with Gasteiger partial charge in [-0.1, -0.05) is 0 Å². The number of carbonyl (C=O) groups excluding carboxylic acids is 1. The number of rotatable bonds is 3. The van der Waals surface area contributed by atoms with E-state index in [9.17, 15) is 31.1 Å². The maximum absolute atomic E-state index is 12.0. The fourth-order valence-electron chi connectivity index (χ4n) is 0.333. The first-order valence-electron chi connectivity index (χ1n) is 2.57. The first-order chi connectivity index (χ1) is 5.44. The second kappa shape index (κ2) is 2.93. The van der Waals surface area contributed by atoms with Crippen molar-refractivity contribution in [3.63, 3.8) is 0 Å². The zero-order chi connectivity index (χ0) is 11.1. The van der Waals surface area contributed by atoms with Crippen LogP contribution in [-0.2, 0) is 4.79 Å². The smallest absolute Gasteiger partial charge is 0.364 e. The summed E-state index contributed by atoms with van der Waals surface area (Å²) in [6, 6.07) is 0. The molecule has 2 nitrogen and oxygen atoms in total. The van der Waals surface area contributed by atoms with E-state index in [4.69, 9.17) is 0 Å². The van der Waals surface area contributed by atoms with Crippen molar-refractivity contribution >= 4 is 17.5 Å². The standard InChI is InChI=1S/C4H2ClF6NO/c5-4(10,11)3(8,9)2(6,7)1(12)13/h(H2,12,13). The van der Waals surface area contributed by atoms with Crippen molar-refractivity contribution in [1.29, 1.82) is 0 Å². The Morgan fingerprint density at radius 1 is 1.08 bits per heavy atom. The third kappa shape index (κ3) is 1.82. The highest BCUT2D eigenvalue weighted by atomic mass is 35.5. The third-order valence-electron chi connectivity index (χ3n) is 1.06. The van der Waals surface area contributed by atoms with Crippen LogP contribution in [0.4, 0.5) is 26.3 Å². The fraction of sp³-hybridized carbons (Fsp3) is 0.750. The molecular weight excluding hydrogens is 227 g/mol. The highest BCUT2D eigenvalue weighted by molar-refractivity contribution is 6.22. The quantitative estimate of drug-likeness (QED) is 0.579. The molecule has 2 N–H and O–H groups in total. The monoisotopic (exact) mass is 229 g/mol. The van der Waals surface area contributed by atoms with Crippen LogP contribution in [0.15, 0.2) is 0 Å². The number of amides is 1. The van der Waals surface area contributed by atoms with Crippen molar-refractivity contribution < 1.29 is 31.1 Å². The Labute approximate surface area is 72.6 Å². The lowest BCUT2D eigenvalue weighted by molar-refractivity contribution is -0.267. The normalized spacial score (nSPS) is 14.4. The molecule has 1 amide bonds. The summed E-state index contributed by atoms with van der Waals surface area (Å²) in [7, 11) is 0. The molecule has 0 aliphatic carbocycles. The second-order valence-electron chi connectivity index (χ2n) is 2.01. The number of nitrogens with two attached hydrogens (primary N) is 1. The molecule has 0 aromatic heterocycles. The summed E-state index contributed by atoms with van der Waals surface area (Å²) in [6.07, 6.45) is 0. The molecule has 0 aromatic carbocycles. The first-order valence-corrected chi connectivity index (χ1v) is 2.94. The van der Waals surface area contributed by atoms with E-state index < -0.39 is 23.1 Å². The van der Waals surface area contributed by atoms with E-state index in [1.54, 1.807) is 0 Å². The van der Waals surface area contributed by atoms with Crippen LogP contribution < -0.4 is 5.73 Å². The number of alkyl halides is 7. The van der Waals surface area contributed by atoms with E-state index in [1.165, 1.54) is 0 Å². The Hall–Kier alpha value is -0.660.